The van der Waals surface area contributed by atoms with Gasteiger partial charge in [0.1, 0.15) is 11.5 Å². The monoisotopic (exact) mass is 279 g/mol. The maximum atomic E-state index is 5.89. The van der Waals surface area contributed by atoms with E-state index in [0.717, 1.165) is 43.1 Å². The van der Waals surface area contributed by atoms with Crippen LogP contribution >= 0.6 is 0 Å². The maximum absolute atomic E-state index is 5.89. The molecule has 4 nitrogen and oxygen atoms in total. The van der Waals surface area contributed by atoms with Gasteiger partial charge in [-0.25, -0.2) is 0 Å². The zero-order valence-corrected chi connectivity index (χ0v) is 12.9. The van der Waals surface area contributed by atoms with Crippen LogP contribution in [0.4, 0.5) is 5.69 Å². The van der Waals surface area contributed by atoms with Gasteiger partial charge in [0.25, 0.3) is 0 Å². The van der Waals surface area contributed by atoms with Gasteiger partial charge in [0.2, 0.25) is 0 Å². The second kappa shape index (κ2) is 6.35. The predicted molar refractivity (Wildman–Crippen MR) is 80.8 cm³/mol. The van der Waals surface area contributed by atoms with Crippen molar-refractivity contribution in [1.82, 2.24) is 0 Å². The average Bonchev–Trinajstić information content (AvgIpc) is 2.47. The van der Waals surface area contributed by atoms with E-state index in [0.29, 0.717) is 6.04 Å². The second-order valence-corrected chi connectivity index (χ2v) is 5.55. The lowest BCUT2D eigenvalue weighted by molar-refractivity contribution is -0.0709. The smallest absolute Gasteiger partial charge is 0.142 e. The fourth-order valence-electron chi connectivity index (χ4n) is 2.65. The van der Waals surface area contributed by atoms with Crippen LogP contribution in [-0.4, -0.2) is 32.5 Å². The van der Waals surface area contributed by atoms with Crippen molar-refractivity contribution in [2.75, 3.05) is 26.1 Å². The third-order valence-corrected chi connectivity index (χ3v) is 4.11. The Morgan fingerprint density at radius 2 is 2.15 bits per heavy atom. The highest BCUT2D eigenvalue weighted by Crippen LogP contribution is 2.34. The molecule has 112 valence electrons. The molecule has 1 aromatic carbocycles. The number of rotatable bonds is 5. The highest BCUT2D eigenvalue weighted by atomic mass is 16.5. The van der Waals surface area contributed by atoms with Crippen molar-refractivity contribution in [3.63, 3.8) is 0 Å². The average molecular weight is 279 g/mol. The highest BCUT2D eigenvalue weighted by molar-refractivity contribution is 5.60. The van der Waals surface area contributed by atoms with E-state index >= 15 is 0 Å². The molecule has 1 heterocycles. The Labute approximate surface area is 121 Å². The van der Waals surface area contributed by atoms with E-state index in [1.54, 1.807) is 14.2 Å². The number of nitrogens with one attached hydrogen (secondary N) is 1. The second-order valence-electron chi connectivity index (χ2n) is 5.55. The molecule has 2 atom stereocenters. The summed E-state index contributed by atoms with van der Waals surface area (Å²) >= 11 is 0. The first-order valence-electron chi connectivity index (χ1n) is 7.22. The van der Waals surface area contributed by atoms with Crippen molar-refractivity contribution >= 4 is 5.69 Å². The van der Waals surface area contributed by atoms with Gasteiger partial charge < -0.3 is 19.5 Å². The summed E-state index contributed by atoms with van der Waals surface area (Å²) in [6.45, 7) is 5.16. The van der Waals surface area contributed by atoms with Crippen LogP contribution in [0.2, 0.25) is 0 Å². The van der Waals surface area contributed by atoms with Gasteiger partial charge >= 0.3 is 0 Å². The lowest BCUT2D eigenvalue weighted by Crippen LogP contribution is -2.41. The SMILES string of the molecule is CCC1(C)CC(Nc2cc(OC)ccc2OC)CCO1. The van der Waals surface area contributed by atoms with Crippen LogP contribution < -0.4 is 14.8 Å². The fourth-order valence-corrected chi connectivity index (χ4v) is 2.65. The number of hydrogen-bond acceptors (Lipinski definition) is 4. The Kier molecular flexibility index (Phi) is 4.76. The molecule has 1 N–H and O–H groups in total. The van der Waals surface area contributed by atoms with Crippen LogP contribution in [0.5, 0.6) is 11.5 Å². The quantitative estimate of drug-likeness (QED) is 0.896. The molecular weight excluding hydrogens is 254 g/mol. The Hall–Kier alpha value is -1.42. The predicted octanol–water partition coefficient (Wildman–Crippen LogP) is 3.46. The number of methoxy groups -OCH3 is 2. The minimum absolute atomic E-state index is 0.0258. The van der Waals surface area contributed by atoms with Crippen LogP contribution in [0.15, 0.2) is 18.2 Å². The number of hydrogen-bond donors (Lipinski definition) is 1. The fraction of sp³-hybridized carbons (Fsp3) is 0.625. The Morgan fingerprint density at radius 1 is 1.35 bits per heavy atom. The van der Waals surface area contributed by atoms with Gasteiger partial charge in [-0.05, 0) is 38.3 Å². The maximum Gasteiger partial charge on any atom is 0.142 e. The van der Waals surface area contributed by atoms with Crippen LogP contribution in [0.1, 0.15) is 33.1 Å². The van der Waals surface area contributed by atoms with Crippen LogP contribution in [-0.2, 0) is 4.74 Å². The van der Waals surface area contributed by atoms with Crippen molar-refractivity contribution in [2.24, 2.45) is 0 Å². The van der Waals surface area contributed by atoms with Crippen LogP contribution in [0, 0.1) is 0 Å². The minimum Gasteiger partial charge on any atom is -0.497 e. The molecule has 0 aromatic heterocycles. The van der Waals surface area contributed by atoms with Crippen molar-refractivity contribution in [2.45, 2.75) is 44.8 Å². The zero-order chi connectivity index (χ0) is 14.6. The first kappa shape index (κ1) is 15.0. The van der Waals surface area contributed by atoms with Crippen molar-refractivity contribution in [3.05, 3.63) is 18.2 Å². The van der Waals surface area contributed by atoms with E-state index in [9.17, 15) is 0 Å². The van der Waals surface area contributed by atoms with Gasteiger partial charge in [-0.3, -0.25) is 0 Å². The Bertz CT molecular complexity index is 449. The minimum atomic E-state index is -0.0258. The largest absolute Gasteiger partial charge is 0.497 e. The summed E-state index contributed by atoms with van der Waals surface area (Å²) in [6, 6.07) is 6.22. The first-order valence-corrected chi connectivity index (χ1v) is 7.22. The van der Waals surface area contributed by atoms with Gasteiger partial charge in [0.05, 0.1) is 25.5 Å². The Morgan fingerprint density at radius 3 is 2.80 bits per heavy atom. The topological polar surface area (TPSA) is 39.7 Å². The van der Waals surface area contributed by atoms with Gasteiger partial charge in [0, 0.05) is 18.7 Å². The molecule has 1 aliphatic rings. The molecule has 20 heavy (non-hydrogen) atoms. The van der Waals surface area contributed by atoms with E-state index < -0.39 is 0 Å². The van der Waals surface area contributed by atoms with E-state index in [1.807, 2.05) is 18.2 Å². The molecule has 0 saturated carbocycles. The summed E-state index contributed by atoms with van der Waals surface area (Å²) < 4.78 is 16.6. The molecule has 1 aromatic rings. The number of ether oxygens (including phenoxy) is 3. The molecule has 0 bridgehead atoms. The van der Waals surface area contributed by atoms with E-state index in [2.05, 4.69) is 19.2 Å². The molecule has 2 rings (SSSR count). The molecule has 0 aliphatic carbocycles. The molecule has 1 fully saturated rings. The van der Waals surface area contributed by atoms with Crippen molar-refractivity contribution in [1.29, 1.82) is 0 Å². The Balaban J connectivity index is 2.12. The summed E-state index contributed by atoms with van der Waals surface area (Å²) in [5.41, 5.74) is 0.958. The lowest BCUT2D eigenvalue weighted by Gasteiger charge is -2.38. The van der Waals surface area contributed by atoms with Crippen molar-refractivity contribution < 1.29 is 14.2 Å². The lowest BCUT2D eigenvalue weighted by atomic mass is 9.90. The molecule has 1 saturated heterocycles. The third kappa shape index (κ3) is 3.37. The molecule has 0 radical (unpaired) electrons. The molecular formula is C16H25NO3. The summed E-state index contributed by atoms with van der Waals surface area (Å²) in [5, 5.41) is 3.58. The summed E-state index contributed by atoms with van der Waals surface area (Å²) in [7, 11) is 3.36. The van der Waals surface area contributed by atoms with Gasteiger partial charge in [-0.15, -0.1) is 0 Å². The summed E-state index contributed by atoms with van der Waals surface area (Å²) in [5.74, 6) is 1.68. The standard InChI is InChI=1S/C16H25NO3/c1-5-16(2)11-12(8-9-20-16)17-14-10-13(18-3)6-7-15(14)19-4/h6-7,10,12,17H,5,8-9,11H2,1-4H3. The summed E-state index contributed by atoms with van der Waals surface area (Å²) in [4.78, 5) is 0. The normalized spacial score (nSPS) is 26.1. The van der Waals surface area contributed by atoms with Crippen molar-refractivity contribution in [3.8, 4) is 11.5 Å². The van der Waals surface area contributed by atoms with E-state index in [-0.39, 0.29) is 5.60 Å². The number of benzene rings is 1. The van der Waals surface area contributed by atoms with Gasteiger partial charge in [-0.1, -0.05) is 6.92 Å². The molecule has 0 spiro atoms. The molecule has 4 heteroatoms. The van der Waals surface area contributed by atoms with Gasteiger partial charge in [0.15, 0.2) is 0 Å². The van der Waals surface area contributed by atoms with Crippen LogP contribution in [0.25, 0.3) is 0 Å². The highest BCUT2D eigenvalue weighted by Gasteiger charge is 2.31. The van der Waals surface area contributed by atoms with E-state index in [4.69, 9.17) is 14.2 Å². The molecule has 1 aliphatic heterocycles. The number of anilines is 1. The molecule has 2 unspecified atom stereocenters. The molecule has 0 amide bonds. The summed E-state index contributed by atoms with van der Waals surface area (Å²) in [6.07, 6.45) is 3.04. The zero-order valence-electron chi connectivity index (χ0n) is 12.9. The van der Waals surface area contributed by atoms with Crippen LogP contribution in [0.3, 0.4) is 0 Å². The third-order valence-electron chi connectivity index (χ3n) is 4.11. The van der Waals surface area contributed by atoms with Gasteiger partial charge in [-0.2, -0.15) is 0 Å². The first-order chi connectivity index (χ1) is 9.60. The van der Waals surface area contributed by atoms with E-state index in [1.165, 1.54) is 0 Å².